The molecule has 1 fully saturated rings. The Balaban J connectivity index is 1.87. The molecule has 1 aromatic heterocycles. The lowest BCUT2D eigenvalue weighted by atomic mass is 10.1. The number of nitriles is 1. The molecule has 1 aliphatic rings. The van der Waals surface area contributed by atoms with Crippen LogP contribution in [-0.4, -0.2) is 42.5 Å². The van der Waals surface area contributed by atoms with Crippen molar-refractivity contribution in [2.24, 2.45) is 11.7 Å². The molecule has 148 valence electrons. The van der Waals surface area contributed by atoms with Crippen molar-refractivity contribution in [3.8, 4) is 6.07 Å². The summed E-state index contributed by atoms with van der Waals surface area (Å²) in [6, 6.07) is 8.20. The van der Waals surface area contributed by atoms with E-state index < -0.39 is 15.9 Å². The zero-order chi connectivity index (χ0) is 20.5. The summed E-state index contributed by atoms with van der Waals surface area (Å²) in [4.78, 5) is 12.0. The molecule has 0 saturated heterocycles. The Morgan fingerprint density at radius 3 is 2.54 bits per heavy atom. The molecule has 9 nitrogen and oxygen atoms in total. The Kier molecular flexibility index (Phi) is 5.40. The molecule has 1 aliphatic carbocycles. The molecule has 3 N–H and O–H groups in total. The number of nitrogens with one attached hydrogen (secondary N) is 1. The molecule has 3 rings (SSSR count). The van der Waals surface area contributed by atoms with Crippen LogP contribution in [0.2, 0.25) is 0 Å². The third-order valence-electron chi connectivity index (χ3n) is 4.70. The Morgan fingerprint density at radius 2 is 2.04 bits per heavy atom. The number of carbonyl (C=O) groups excluding carboxylic acids is 1. The summed E-state index contributed by atoms with van der Waals surface area (Å²) in [6.45, 7) is 0. The predicted octanol–water partition coefficient (Wildman–Crippen LogP) is 1.84. The quantitative estimate of drug-likeness (QED) is 0.692. The number of nitrogens with zero attached hydrogens (tertiary/aromatic N) is 4. The zero-order valence-corrected chi connectivity index (χ0v) is 16.5. The van der Waals surface area contributed by atoms with Crippen LogP contribution in [0.1, 0.15) is 35.7 Å². The van der Waals surface area contributed by atoms with Crippen molar-refractivity contribution in [2.75, 3.05) is 19.4 Å². The maximum absolute atomic E-state index is 12.2. The predicted molar refractivity (Wildman–Crippen MR) is 103 cm³/mol. The van der Waals surface area contributed by atoms with E-state index in [-0.39, 0.29) is 22.3 Å². The number of primary amides is 1. The molecule has 2 aromatic rings. The van der Waals surface area contributed by atoms with Crippen LogP contribution in [0.25, 0.3) is 0 Å². The number of aromatic nitrogens is 2. The number of amides is 1. The zero-order valence-electron chi connectivity index (χ0n) is 15.7. The van der Waals surface area contributed by atoms with E-state index in [0.717, 1.165) is 17.1 Å². The van der Waals surface area contributed by atoms with Gasteiger partial charge in [-0.1, -0.05) is 0 Å². The van der Waals surface area contributed by atoms with Crippen molar-refractivity contribution in [1.29, 1.82) is 5.26 Å². The minimum Gasteiger partial charge on any atom is -0.365 e. The van der Waals surface area contributed by atoms with Crippen molar-refractivity contribution in [1.82, 2.24) is 14.1 Å². The molecule has 0 radical (unpaired) electrons. The van der Waals surface area contributed by atoms with Crippen LogP contribution >= 0.6 is 0 Å². The van der Waals surface area contributed by atoms with Crippen LogP contribution in [0.15, 0.2) is 35.4 Å². The van der Waals surface area contributed by atoms with Gasteiger partial charge in [-0.25, -0.2) is 12.7 Å². The summed E-state index contributed by atoms with van der Waals surface area (Å²) in [5.74, 6) is 0.0232. The number of sulfonamides is 1. The maximum atomic E-state index is 12.2. The normalized spacial score (nSPS) is 15.2. The fraction of sp³-hybridized carbons (Fsp3) is 0.389. The molecule has 1 atom stereocenters. The van der Waals surface area contributed by atoms with E-state index in [0.29, 0.717) is 18.0 Å². The summed E-state index contributed by atoms with van der Waals surface area (Å²) in [7, 11) is -0.597. The van der Waals surface area contributed by atoms with E-state index >= 15 is 0 Å². The summed E-state index contributed by atoms with van der Waals surface area (Å²) in [5.41, 5.74) is 6.26. The number of benzene rings is 1. The second-order valence-corrected chi connectivity index (χ2v) is 9.09. The van der Waals surface area contributed by atoms with Gasteiger partial charge < -0.3 is 11.1 Å². The Morgan fingerprint density at radius 1 is 1.39 bits per heavy atom. The highest BCUT2D eigenvalue weighted by Gasteiger charge is 2.34. The second kappa shape index (κ2) is 7.61. The van der Waals surface area contributed by atoms with Gasteiger partial charge in [0.15, 0.2) is 5.82 Å². The minimum atomic E-state index is -3.52. The third kappa shape index (κ3) is 4.00. The minimum absolute atomic E-state index is 0.0914. The first-order valence-electron chi connectivity index (χ1n) is 8.79. The van der Waals surface area contributed by atoms with E-state index in [1.54, 1.807) is 23.0 Å². The van der Waals surface area contributed by atoms with Crippen LogP contribution in [-0.2, 0) is 10.0 Å². The van der Waals surface area contributed by atoms with Gasteiger partial charge in [0.1, 0.15) is 5.56 Å². The fourth-order valence-electron chi connectivity index (χ4n) is 2.94. The van der Waals surface area contributed by atoms with Gasteiger partial charge in [0, 0.05) is 26.0 Å². The highest BCUT2D eigenvalue weighted by Crippen LogP contribution is 2.41. The fourth-order valence-corrected chi connectivity index (χ4v) is 3.84. The van der Waals surface area contributed by atoms with Gasteiger partial charge in [-0.05, 0) is 43.0 Å². The van der Waals surface area contributed by atoms with Crippen molar-refractivity contribution in [3.63, 3.8) is 0 Å². The van der Waals surface area contributed by atoms with Gasteiger partial charge in [-0.15, -0.1) is 0 Å². The molecule has 0 spiro atoms. The molecule has 10 heteroatoms. The number of nitrogens with two attached hydrogens (primary N) is 1. The monoisotopic (exact) mass is 402 g/mol. The first-order chi connectivity index (χ1) is 13.2. The van der Waals surface area contributed by atoms with Gasteiger partial charge in [-0.2, -0.15) is 10.4 Å². The van der Waals surface area contributed by atoms with Crippen LogP contribution in [0.3, 0.4) is 0 Å². The Labute approximate surface area is 163 Å². The van der Waals surface area contributed by atoms with Gasteiger partial charge in [-0.3, -0.25) is 9.48 Å². The standard InChI is InChI=1S/C18H22N6O3S/c1-23(2)28(26,27)14-7-5-13(6-8-14)21-18-15(17(20)25)11-24(22-18)16(9-10-19)12-3-4-12/h5-8,11-12,16H,3-4,9H2,1-2H3,(H2,20,25)(H,21,22). The average molecular weight is 402 g/mol. The van der Waals surface area contributed by atoms with Crippen molar-refractivity contribution >= 4 is 27.4 Å². The van der Waals surface area contributed by atoms with Crippen molar-refractivity contribution < 1.29 is 13.2 Å². The van der Waals surface area contributed by atoms with Crippen LogP contribution < -0.4 is 11.1 Å². The smallest absolute Gasteiger partial charge is 0.254 e. The molecular formula is C18H22N6O3S. The lowest BCUT2D eigenvalue weighted by molar-refractivity contribution is 0.100. The summed E-state index contributed by atoms with van der Waals surface area (Å²) >= 11 is 0. The molecule has 1 aromatic carbocycles. The topological polar surface area (TPSA) is 134 Å². The highest BCUT2D eigenvalue weighted by atomic mass is 32.2. The number of anilines is 2. The van der Waals surface area contributed by atoms with Gasteiger partial charge in [0.2, 0.25) is 10.0 Å². The molecule has 28 heavy (non-hydrogen) atoms. The van der Waals surface area contributed by atoms with Gasteiger partial charge in [0.05, 0.1) is 23.4 Å². The van der Waals surface area contributed by atoms with Crippen LogP contribution in [0.4, 0.5) is 11.5 Å². The van der Waals surface area contributed by atoms with Crippen molar-refractivity contribution in [2.45, 2.75) is 30.2 Å². The number of hydrogen-bond donors (Lipinski definition) is 2. The Bertz CT molecular complexity index is 1020. The molecule has 1 heterocycles. The van der Waals surface area contributed by atoms with E-state index in [4.69, 9.17) is 11.0 Å². The number of hydrogen-bond acceptors (Lipinski definition) is 6. The Hall–Kier alpha value is -2.90. The number of rotatable bonds is 8. The van der Waals surface area contributed by atoms with Crippen LogP contribution in [0, 0.1) is 17.2 Å². The SMILES string of the molecule is CN(C)S(=O)(=O)c1ccc(Nc2nn(C(CC#N)C3CC3)cc2C(N)=O)cc1. The van der Waals surface area contributed by atoms with Gasteiger partial charge >= 0.3 is 0 Å². The second-order valence-electron chi connectivity index (χ2n) is 6.94. The van der Waals surface area contributed by atoms with Crippen LogP contribution in [0.5, 0.6) is 0 Å². The molecular weight excluding hydrogens is 380 g/mol. The third-order valence-corrected chi connectivity index (χ3v) is 6.53. The summed E-state index contributed by atoms with van der Waals surface area (Å²) in [5, 5.41) is 16.5. The van der Waals surface area contributed by atoms with E-state index in [9.17, 15) is 13.2 Å². The molecule has 1 unspecified atom stereocenters. The van der Waals surface area contributed by atoms with E-state index in [1.807, 2.05) is 0 Å². The molecule has 0 bridgehead atoms. The molecule has 1 saturated carbocycles. The molecule has 0 aliphatic heterocycles. The number of carbonyl (C=O) groups is 1. The summed E-state index contributed by atoms with van der Waals surface area (Å²) < 4.78 is 27.1. The molecule has 1 amide bonds. The van der Waals surface area contributed by atoms with Gasteiger partial charge in [0.25, 0.3) is 5.91 Å². The lowest BCUT2D eigenvalue weighted by Gasteiger charge is -2.13. The average Bonchev–Trinajstić information content (AvgIpc) is 3.40. The van der Waals surface area contributed by atoms with E-state index in [1.165, 1.54) is 26.2 Å². The van der Waals surface area contributed by atoms with Crippen molar-refractivity contribution in [3.05, 3.63) is 36.0 Å². The first kappa shape index (κ1) is 19.9. The lowest BCUT2D eigenvalue weighted by Crippen LogP contribution is -2.22. The summed E-state index contributed by atoms with van der Waals surface area (Å²) in [6.07, 6.45) is 3.93. The van der Waals surface area contributed by atoms with E-state index in [2.05, 4.69) is 16.5 Å². The first-order valence-corrected chi connectivity index (χ1v) is 10.2. The maximum Gasteiger partial charge on any atom is 0.254 e. The largest absolute Gasteiger partial charge is 0.365 e. The highest BCUT2D eigenvalue weighted by molar-refractivity contribution is 7.89.